The van der Waals surface area contributed by atoms with Crippen molar-refractivity contribution in [3.63, 3.8) is 0 Å². The zero-order valence-corrected chi connectivity index (χ0v) is 22.0. The molecule has 3 aromatic carbocycles. The number of benzene rings is 3. The van der Waals surface area contributed by atoms with E-state index in [-0.39, 0.29) is 17.2 Å². The highest BCUT2D eigenvalue weighted by molar-refractivity contribution is 5.82. The van der Waals surface area contributed by atoms with Crippen LogP contribution in [0.2, 0.25) is 0 Å². The van der Waals surface area contributed by atoms with Crippen molar-refractivity contribution in [3.05, 3.63) is 116 Å². The van der Waals surface area contributed by atoms with Crippen molar-refractivity contribution in [2.45, 2.75) is 26.7 Å². The Hall–Kier alpha value is -5.05. The lowest BCUT2D eigenvalue weighted by Crippen LogP contribution is -2.21. The van der Waals surface area contributed by atoms with Gasteiger partial charge < -0.3 is 9.30 Å². The van der Waals surface area contributed by atoms with Crippen LogP contribution >= 0.6 is 0 Å². The molecule has 0 radical (unpaired) electrons. The molecule has 0 saturated heterocycles. The minimum absolute atomic E-state index is 0.0164. The number of para-hydroxylation sites is 1. The molecule has 0 atom stereocenters. The Bertz CT molecular complexity index is 1800. The number of aromatic nitrogens is 3. The Kier molecular flexibility index (Phi) is 6.81. The molecule has 9 nitrogen and oxygen atoms in total. The zero-order valence-electron chi connectivity index (χ0n) is 22.0. The molecule has 0 aliphatic heterocycles. The third-order valence-corrected chi connectivity index (χ3v) is 6.60. The number of aryl methyl sites for hydroxylation is 1. The molecule has 0 fully saturated rings. The van der Waals surface area contributed by atoms with E-state index in [2.05, 4.69) is 18.9 Å². The lowest BCUT2D eigenvalue weighted by atomic mass is 9.96. The summed E-state index contributed by atoms with van der Waals surface area (Å²) in [4.78, 5) is 29.4. The number of nitro benzene ring substituents is 1. The van der Waals surface area contributed by atoms with Crippen LogP contribution in [0, 0.1) is 17.0 Å². The monoisotopic (exact) mass is 521 g/mol. The smallest absolute Gasteiger partial charge is 0.282 e. The van der Waals surface area contributed by atoms with Gasteiger partial charge in [0.2, 0.25) is 0 Å². The first-order valence-electron chi connectivity index (χ1n) is 12.5. The molecule has 0 aliphatic carbocycles. The number of methoxy groups -OCH3 is 1. The van der Waals surface area contributed by atoms with Gasteiger partial charge in [0.15, 0.2) is 5.82 Å². The summed E-state index contributed by atoms with van der Waals surface area (Å²) in [5.41, 5.74) is 4.15. The number of rotatable bonds is 7. The topological polar surface area (TPSA) is 105 Å². The predicted octanol–water partition coefficient (Wildman–Crippen LogP) is 6.09. The van der Waals surface area contributed by atoms with Crippen molar-refractivity contribution < 1.29 is 9.66 Å². The van der Waals surface area contributed by atoms with Gasteiger partial charge in [0.25, 0.3) is 11.2 Å². The fourth-order valence-corrected chi connectivity index (χ4v) is 4.58. The van der Waals surface area contributed by atoms with E-state index in [1.165, 1.54) is 16.8 Å². The van der Waals surface area contributed by atoms with Gasteiger partial charge in [-0.25, -0.2) is 4.98 Å². The highest BCUT2D eigenvalue weighted by Crippen LogP contribution is 2.34. The van der Waals surface area contributed by atoms with E-state index in [1.54, 1.807) is 48.4 Å². The van der Waals surface area contributed by atoms with Crippen LogP contribution in [0.1, 0.15) is 36.6 Å². The minimum atomic E-state index is -0.435. The third-order valence-electron chi connectivity index (χ3n) is 6.60. The van der Waals surface area contributed by atoms with Crippen LogP contribution in [0.5, 0.6) is 5.75 Å². The molecular weight excluding hydrogens is 494 g/mol. The summed E-state index contributed by atoms with van der Waals surface area (Å²) in [5.74, 6) is 1.37. The number of hydrogen-bond donors (Lipinski definition) is 0. The van der Waals surface area contributed by atoms with Gasteiger partial charge in [-0.3, -0.25) is 14.9 Å². The van der Waals surface area contributed by atoms with Gasteiger partial charge in [0, 0.05) is 23.9 Å². The van der Waals surface area contributed by atoms with Crippen LogP contribution in [0.4, 0.5) is 5.69 Å². The Morgan fingerprint density at radius 2 is 1.85 bits per heavy atom. The number of hydrogen-bond acceptors (Lipinski definition) is 6. The molecule has 5 rings (SSSR count). The second-order valence-electron chi connectivity index (χ2n) is 9.46. The first-order chi connectivity index (χ1) is 18.8. The summed E-state index contributed by atoms with van der Waals surface area (Å²) in [7, 11) is 1.64. The maximum atomic E-state index is 13.7. The first kappa shape index (κ1) is 25.6. The second-order valence-corrected chi connectivity index (χ2v) is 9.46. The molecule has 2 aromatic heterocycles. The van der Waals surface area contributed by atoms with E-state index in [9.17, 15) is 14.9 Å². The molecule has 39 heavy (non-hydrogen) atoms. The predicted molar refractivity (Wildman–Crippen MR) is 152 cm³/mol. The van der Waals surface area contributed by atoms with Crippen LogP contribution in [-0.4, -0.2) is 32.5 Å². The number of nitro groups is 1. The van der Waals surface area contributed by atoms with Gasteiger partial charge in [-0.15, -0.1) is 0 Å². The highest BCUT2D eigenvalue weighted by Gasteiger charge is 2.18. The van der Waals surface area contributed by atoms with Gasteiger partial charge in [-0.05, 0) is 66.4 Å². The van der Waals surface area contributed by atoms with Gasteiger partial charge in [-0.2, -0.15) is 9.78 Å². The minimum Gasteiger partial charge on any atom is -0.496 e. The molecule has 196 valence electrons. The van der Waals surface area contributed by atoms with Crippen LogP contribution < -0.4 is 10.3 Å². The summed E-state index contributed by atoms with van der Waals surface area (Å²) in [6, 6.07) is 21.1. The molecule has 0 N–H and O–H groups in total. The number of nitrogens with zero attached hydrogens (tertiary/aromatic N) is 5. The van der Waals surface area contributed by atoms with E-state index in [0.717, 1.165) is 22.4 Å². The van der Waals surface area contributed by atoms with Crippen LogP contribution in [0.3, 0.4) is 0 Å². The fraction of sp³-hybridized carbons (Fsp3) is 0.167. The van der Waals surface area contributed by atoms with E-state index < -0.39 is 4.92 Å². The Labute approximate surface area is 224 Å². The molecule has 0 spiro atoms. The van der Waals surface area contributed by atoms with Crippen LogP contribution in [0.25, 0.3) is 28.0 Å². The summed E-state index contributed by atoms with van der Waals surface area (Å²) < 4.78 is 8.69. The SMILES string of the molecule is COc1cc(C)c(-c2nc3ccccc3c(=O)n2N=Cc2cccn2-c2cccc([N+](=O)[O-])c2)cc1C(C)C. The fourth-order valence-electron chi connectivity index (χ4n) is 4.58. The molecule has 0 unspecified atom stereocenters. The Balaban J connectivity index is 1.70. The summed E-state index contributed by atoms with van der Waals surface area (Å²) in [6.45, 7) is 6.11. The van der Waals surface area contributed by atoms with Crippen molar-refractivity contribution in [1.82, 2.24) is 14.2 Å². The lowest BCUT2D eigenvalue weighted by molar-refractivity contribution is -0.384. The maximum Gasteiger partial charge on any atom is 0.282 e. The second kappa shape index (κ2) is 10.4. The molecular formula is C30H27N5O4. The van der Waals surface area contributed by atoms with Crippen molar-refractivity contribution in [2.24, 2.45) is 5.10 Å². The van der Waals surface area contributed by atoms with Crippen molar-refractivity contribution in [1.29, 1.82) is 0 Å². The molecule has 0 saturated carbocycles. The van der Waals surface area contributed by atoms with Crippen LogP contribution in [0.15, 0.2) is 88.9 Å². The molecule has 0 bridgehead atoms. The Morgan fingerprint density at radius 3 is 2.59 bits per heavy atom. The van der Waals surface area contributed by atoms with E-state index in [1.807, 2.05) is 43.3 Å². The number of fused-ring (bicyclic) bond motifs is 1. The van der Waals surface area contributed by atoms with E-state index >= 15 is 0 Å². The highest BCUT2D eigenvalue weighted by atomic mass is 16.6. The molecule has 5 aromatic rings. The standard InChI is InChI=1S/C30H27N5O4/c1-19(2)25-17-26(20(3)15-28(25)39-4)29-32-27-13-6-5-12-24(27)30(36)34(29)31-18-23-11-8-14-33(23)21-9-7-10-22(16-21)35(37)38/h5-19H,1-4H3. The quantitative estimate of drug-likeness (QED) is 0.147. The molecule has 0 amide bonds. The number of non-ortho nitro benzene ring substituents is 1. The summed E-state index contributed by atoms with van der Waals surface area (Å²) >= 11 is 0. The lowest BCUT2D eigenvalue weighted by Gasteiger charge is -2.17. The van der Waals surface area contributed by atoms with Crippen molar-refractivity contribution in [3.8, 4) is 22.8 Å². The zero-order chi connectivity index (χ0) is 27.7. The number of ether oxygens (including phenoxy) is 1. The van der Waals surface area contributed by atoms with Gasteiger partial charge in [0.1, 0.15) is 5.75 Å². The molecule has 2 heterocycles. The summed E-state index contributed by atoms with van der Waals surface area (Å²) in [6.07, 6.45) is 3.34. The van der Waals surface area contributed by atoms with E-state index in [0.29, 0.717) is 28.1 Å². The summed E-state index contributed by atoms with van der Waals surface area (Å²) in [5, 5.41) is 16.3. The van der Waals surface area contributed by atoms with Gasteiger partial charge in [-0.1, -0.05) is 32.0 Å². The molecule has 9 heteroatoms. The van der Waals surface area contributed by atoms with Gasteiger partial charge in [0.05, 0.1) is 40.5 Å². The largest absolute Gasteiger partial charge is 0.496 e. The first-order valence-corrected chi connectivity index (χ1v) is 12.5. The van der Waals surface area contributed by atoms with Crippen molar-refractivity contribution in [2.75, 3.05) is 7.11 Å². The third kappa shape index (κ3) is 4.82. The maximum absolute atomic E-state index is 13.7. The average molecular weight is 522 g/mol. The van der Waals surface area contributed by atoms with Gasteiger partial charge >= 0.3 is 0 Å². The van der Waals surface area contributed by atoms with Crippen molar-refractivity contribution >= 4 is 22.8 Å². The van der Waals surface area contributed by atoms with E-state index in [4.69, 9.17) is 9.72 Å². The van der Waals surface area contributed by atoms with Crippen LogP contribution in [-0.2, 0) is 0 Å². The molecule has 0 aliphatic rings. The normalized spacial score (nSPS) is 11.5. The average Bonchev–Trinajstić information content (AvgIpc) is 3.41. The Morgan fingerprint density at radius 1 is 1.05 bits per heavy atom.